The highest BCUT2D eigenvalue weighted by Crippen LogP contribution is 2.44. The van der Waals surface area contributed by atoms with Crippen LogP contribution < -0.4 is 0 Å². The van der Waals surface area contributed by atoms with Crippen molar-refractivity contribution in [3.8, 4) is 11.1 Å². The third-order valence-electron chi connectivity index (χ3n) is 6.82. The molecule has 5 rings (SSSR count). The first-order valence-electron chi connectivity index (χ1n) is 10.6. The normalized spacial score (nSPS) is 28.3. The highest BCUT2D eigenvalue weighted by Gasteiger charge is 2.48. The predicted molar refractivity (Wildman–Crippen MR) is 109 cm³/mol. The average molecular weight is 410 g/mol. The fourth-order valence-corrected chi connectivity index (χ4v) is 5.38. The summed E-state index contributed by atoms with van der Waals surface area (Å²) in [5, 5.41) is 0. The van der Waals surface area contributed by atoms with Gasteiger partial charge in [-0.05, 0) is 54.5 Å². The van der Waals surface area contributed by atoms with Gasteiger partial charge in [0.2, 0.25) is 0 Å². The Balaban J connectivity index is 1.37. The summed E-state index contributed by atoms with van der Waals surface area (Å²) in [6.45, 7) is 1.27. The second-order valence-electron chi connectivity index (χ2n) is 8.57. The smallest absolute Gasteiger partial charge is 0.410 e. The lowest BCUT2D eigenvalue weighted by atomic mass is 9.67. The molecule has 1 aromatic heterocycles. The van der Waals surface area contributed by atoms with E-state index in [0.29, 0.717) is 29.6 Å². The molecule has 0 N–H and O–H groups in total. The van der Waals surface area contributed by atoms with Gasteiger partial charge in [0.1, 0.15) is 18.2 Å². The van der Waals surface area contributed by atoms with E-state index in [0.717, 1.165) is 18.3 Å². The van der Waals surface area contributed by atoms with Crippen LogP contribution in [0.4, 0.5) is 13.6 Å². The molecule has 2 aliphatic heterocycles. The highest BCUT2D eigenvalue weighted by atomic mass is 19.1. The lowest BCUT2D eigenvalue weighted by molar-refractivity contribution is 0.0472. The Morgan fingerprint density at radius 1 is 1.07 bits per heavy atom. The Morgan fingerprint density at radius 3 is 2.63 bits per heavy atom. The molecule has 0 bridgehead atoms. The van der Waals surface area contributed by atoms with Gasteiger partial charge in [-0.15, -0.1) is 0 Å². The minimum atomic E-state index is -0.605. The van der Waals surface area contributed by atoms with Crippen molar-refractivity contribution < 1.29 is 18.3 Å². The summed E-state index contributed by atoms with van der Waals surface area (Å²) in [5.74, 6) is 0.153. The molecule has 1 amide bonds. The molecule has 3 fully saturated rings. The number of fused-ring (bicyclic) bond motifs is 2. The standard InChI is InChI=1S/C24H24F2N2O2/c25-18-9-17(10-19(26)11-18)15-5-6-20(27-12-15)7-8-22-21-4-2-1-3-16(21)13-28-23(22)14-30-24(28)29/h5-12,16,21-23H,1-4,13-14H2/b8-7+/t16?,21-,22?,23?/m1/s1. The molecule has 3 heterocycles. The van der Waals surface area contributed by atoms with Crippen molar-refractivity contribution in [2.24, 2.45) is 17.8 Å². The van der Waals surface area contributed by atoms with Crippen LogP contribution >= 0.6 is 0 Å². The van der Waals surface area contributed by atoms with E-state index >= 15 is 0 Å². The molecule has 3 unspecified atom stereocenters. The van der Waals surface area contributed by atoms with Gasteiger partial charge in [0.15, 0.2) is 0 Å². The maximum Gasteiger partial charge on any atom is 0.410 e. The number of aromatic nitrogens is 1. The van der Waals surface area contributed by atoms with E-state index in [1.165, 1.54) is 37.8 Å². The molecule has 4 nitrogen and oxygen atoms in total. The van der Waals surface area contributed by atoms with E-state index < -0.39 is 11.6 Å². The topological polar surface area (TPSA) is 42.4 Å². The fraction of sp³-hybridized carbons (Fsp3) is 0.417. The number of hydrogen-bond acceptors (Lipinski definition) is 3. The zero-order valence-corrected chi connectivity index (χ0v) is 16.6. The Kier molecular flexibility index (Phi) is 5.01. The molecular weight excluding hydrogens is 386 g/mol. The summed E-state index contributed by atoms with van der Waals surface area (Å²) in [7, 11) is 0. The number of ether oxygens (including phenoxy) is 1. The van der Waals surface area contributed by atoms with E-state index in [1.807, 2.05) is 23.1 Å². The minimum Gasteiger partial charge on any atom is -0.447 e. The molecule has 2 saturated heterocycles. The minimum absolute atomic E-state index is 0.0997. The van der Waals surface area contributed by atoms with Crippen LogP contribution in [-0.4, -0.2) is 35.2 Å². The maximum atomic E-state index is 13.5. The Morgan fingerprint density at radius 2 is 1.87 bits per heavy atom. The van der Waals surface area contributed by atoms with Crippen molar-refractivity contribution in [2.75, 3.05) is 13.2 Å². The molecule has 6 heteroatoms. The Labute approximate surface area is 174 Å². The number of carbonyl (C=O) groups excluding carboxylic acids is 1. The number of nitrogens with zero attached hydrogens (tertiary/aromatic N) is 2. The number of amides is 1. The summed E-state index contributed by atoms with van der Waals surface area (Å²) in [6.07, 6.45) is 10.5. The number of hydrogen-bond donors (Lipinski definition) is 0. The number of halogens is 2. The highest BCUT2D eigenvalue weighted by molar-refractivity contribution is 5.70. The second kappa shape index (κ2) is 7.82. The zero-order valence-electron chi connectivity index (χ0n) is 16.6. The SMILES string of the molecule is O=C1OCC2C(/C=C/c3ccc(-c4cc(F)cc(F)c4)cn3)[C@@H]3CCCCC3CN12. The summed E-state index contributed by atoms with van der Waals surface area (Å²) in [5.41, 5.74) is 1.91. The molecule has 0 spiro atoms. The summed E-state index contributed by atoms with van der Waals surface area (Å²) in [4.78, 5) is 18.5. The molecule has 0 radical (unpaired) electrons. The van der Waals surface area contributed by atoms with Crippen LogP contribution in [-0.2, 0) is 4.74 Å². The van der Waals surface area contributed by atoms with Crippen LogP contribution in [0.25, 0.3) is 17.2 Å². The molecule has 30 heavy (non-hydrogen) atoms. The van der Waals surface area contributed by atoms with Gasteiger partial charge in [0.05, 0.1) is 11.7 Å². The number of pyridine rings is 1. The third kappa shape index (κ3) is 3.59. The Hall–Kier alpha value is -2.76. The number of piperidine rings is 1. The van der Waals surface area contributed by atoms with Gasteiger partial charge in [0, 0.05) is 30.3 Å². The third-order valence-corrected chi connectivity index (χ3v) is 6.82. The van der Waals surface area contributed by atoms with E-state index in [2.05, 4.69) is 11.1 Å². The van der Waals surface area contributed by atoms with Gasteiger partial charge in [-0.25, -0.2) is 13.6 Å². The summed E-state index contributed by atoms with van der Waals surface area (Å²) >= 11 is 0. The first kappa shape index (κ1) is 19.2. The molecule has 4 atom stereocenters. The van der Waals surface area contributed by atoms with Crippen molar-refractivity contribution in [3.63, 3.8) is 0 Å². The first-order chi connectivity index (χ1) is 14.6. The van der Waals surface area contributed by atoms with Gasteiger partial charge in [-0.1, -0.05) is 25.0 Å². The number of carbonyl (C=O) groups is 1. The van der Waals surface area contributed by atoms with Crippen molar-refractivity contribution in [2.45, 2.75) is 31.7 Å². The Bertz CT molecular complexity index is 955. The lowest BCUT2D eigenvalue weighted by Gasteiger charge is -2.46. The maximum absolute atomic E-state index is 13.5. The van der Waals surface area contributed by atoms with Crippen molar-refractivity contribution >= 4 is 12.2 Å². The van der Waals surface area contributed by atoms with Crippen molar-refractivity contribution in [3.05, 3.63) is 59.9 Å². The van der Waals surface area contributed by atoms with E-state index in [9.17, 15) is 13.6 Å². The largest absolute Gasteiger partial charge is 0.447 e. The van der Waals surface area contributed by atoms with Gasteiger partial charge in [-0.2, -0.15) is 0 Å². The van der Waals surface area contributed by atoms with E-state index in [-0.39, 0.29) is 18.1 Å². The number of cyclic esters (lactones) is 1. The first-order valence-corrected chi connectivity index (χ1v) is 10.6. The molecular formula is C24H24F2N2O2. The molecule has 3 aliphatic rings. The molecule has 1 aromatic carbocycles. The number of rotatable bonds is 3. The molecule has 156 valence electrons. The van der Waals surface area contributed by atoms with Crippen LogP contribution in [0.2, 0.25) is 0 Å². The van der Waals surface area contributed by atoms with Gasteiger partial charge < -0.3 is 9.64 Å². The van der Waals surface area contributed by atoms with Gasteiger partial charge >= 0.3 is 6.09 Å². The van der Waals surface area contributed by atoms with Crippen LogP contribution in [0, 0.1) is 29.4 Å². The van der Waals surface area contributed by atoms with Gasteiger partial charge in [-0.3, -0.25) is 4.98 Å². The fourth-order valence-electron chi connectivity index (χ4n) is 5.38. The molecule has 2 aromatic rings. The summed E-state index contributed by atoms with van der Waals surface area (Å²) < 4.78 is 32.3. The molecule has 1 aliphatic carbocycles. The molecule has 1 saturated carbocycles. The van der Waals surface area contributed by atoms with Crippen molar-refractivity contribution in [1.82, 2.24) is 9.88 Å². The average Bonchev–Trinajstić information content (AvgIpc) is 3.11. The van der Waals surface area contributed by atoms with Crippen LogP contribution in [0.15, 0.2) is 42.6 Å². The predicted octanol–water partition coefficient (Wildman–Crippen LogP) is 5.30. The second-order valence-corrected chi connectivity index (χ2v) is 8.57. The van der Waals surface area contributed by atoms with Crippen molar-refractivity contribution in [1.29, 1.82) is 0 Å². The monoisotopic (exact) mass is 410 g/mol. The van der Waals surface area contributed by atoms with Crippen LogP contribution in [0.5, 0.6) is 0 Å². The lowest BCUT2D eigenvalue weighted by Crippen LogP contribution is -2.52. The number of benzene rings is 1. The van der Waals surface area contributed by atoms with Crippen LogP contribution in [0.1, 0.15) is 31.4 Å². The van der Waals surface area contributed by atoms with Gasteiger partial charge in [0.25, 0.3) is 0 Å². The van der Waals surface area contributed by atoms with E-state index in [4.69, 9.17) is 4.74 Å². The van der Waals surface area contributed by atoms with Crippen LogP contribution in [0.3, 0.4) is 0 Å². The van der Waals surface area contributed by atoms with E-state index in [1.54, 1.807) is 6.20 Å². The summed E-state index contributed by atoms with van der Waals surface area (Å²) in [6, 6.07) is 7.22. The quantitative estimate of drug-likeness (QED) is 0.690. The zero-order chi connectivity index (χ0) is 20.7.